The van der Waals surface area contributed by atoms with Gasteiger partial charge in [-0.25, -0.2) is 0 Å². The van der Waals surface area contributed by atoms with E-state index in [-0.39, 0.29) is 12.1 Å². The van der Waals surface area contributed by atoms with Crippen LogP contribution in [0.1, 0.15) is 50.3 Å². The van der Waals surface area contributed by atoms with Gasteiger partial charge >= 0.3 is 0 Å². The van der Waals surface area contributed by atoms with Crippen molar-refractivity contribution in [3.8, 4) is 0 Å². The fourth-order valence-corrected chi connectivity index (χ4v) is 3.25. The Morgan fingerprint density at radius 2 is 2.12 bits per heavy atom. The summed E-state index contributed by atoms with van der Waals surface area (Å²) in [5.41, 5.74) is 0. The lowest BCUT2D eigenvalue weighted by atomic mass is 10.2. The Kier molecular flexibility index (Phi) is 5.45. The maximum absolute atomic E-state index is 10.6. The van der Waals surface area contributed by atoms with Gasteiger partial charge in [-0.2, -0.15) is 4.98 Å². The molecule has 0 aliphatic carbocycles. The molecule has 1 fully saturated rings. The van der Waals surface area contributed by atoms with Crippen LogP contribution in [-0.4, -0.2) is 67.0 Å². The lowest BCUT2D eigenvalue weighted by molar-refractivity contribution is 0.0759. The van der Waals surface area contributed by atoms with Crippen LogP contribution in [-0.2, 0) is 13.0 Å². The molecule has 2 aromatic rings. The maximum atomic E-state index is 10.6. The molecule has 0 amide bonds. The molecule has 9 heteroatoms. The standard InChI is InChI=1S/C16H26N6O3/c1-5-14-17-16(25-20-14)10(3)22-7-12(13(23)8-22)21(6-2)9-15-19-18-11(4)24-15/h10,12-13,23H,5-9H2,1-4H3/t10-,12-,13+/m0/s1. The van der Waals surface area contributed by atoms with Gasteiger partial charge in [0.05, 0.1) is 24.7 Å². The Morgan fingerprint density at radius 3 is 2.72 bits per heavy atom. The zero-order valence-electron chi connectivity index (χ0n) is 15.2. The molecule has 1 saturated heterocycles. The summed E-state index contributed by atoms with van der Waals surface area (Å²) in [5, 5.41) is 22.5. The second kappa shape index (κ2) is 7.59. The van der Waals surface area contributed by atoms with Crippen LogP contribution in [0.3, 0.4) is 0 Å². The third kappa shape index (κ3) is 3.88. The molecule has 138 valence electrons. The van der Waals surface area contributed by atoms with Crippen molar-refractivity contribution in [1.82, 2.24) is 30.1 Å². The number of likely N-dealkylation sites (N-methyl/N-ethyl adjacent to an activating group) is 1. The molecular formula is C16H26N6O3. The predicted octanol–water partition coefficient (Wildman–Crippen LogP) is 0.952. The molecule has 3 atom stereocenters. The molecule has 9 nitrogen and oxygen atoms in total. The van der Waals surface area contributed by atoms with Gasteiger partial charge in [0, 0.05) is 26.4 Å². The van der Waals surface area contributed by atoms with E-state index >= 15 is 0 Å². The number of rotatable bonds is 7. The summed E-state index contributed by atoms with van der Waals surface area (Å²) < 4.78 is 10.8. The third-order valence-electron chi connectivity index (χ3n) is 4.77. The van der Waals surface area contributed by atoms with E-state index in [0.717, 1.165) is 13.0 Å². The van der Waals surface area contributed by atoms with Crippen molar-refractivity contribution in [2.75, 3.05) is 19.6 Å². The first-order valence-electron chi connectivity index (χ1n) is 8.79. The monoisotopic (exact) mass is 350 g/mol. The SMILES string of the molecule is CCc1noc([C@H](C)N2C[C@@H](O)[C@@H](N(CC)Cc3nnc(C)o3)C2)n1. The van der Waals surface area contributed by atoms with Gasteiger partial charge < -0.3 is 14.0 Å². The maximum Gasteiger partial charge on any atom is 0.243 e. The molecule has 3 heterocycles. The Hall–Kier alpha value is -1.84. The van der Waals surface area contributed by atoms with E-state index < -0.39 is 6.10 Å². The number of nitrogens with zero attached hydrogens (tertiary/aromatic N) is 6. The number of aromatic nitrogens is 4. The summed E-state index contributed by atoms with van der Waals surface area (Å²) in [4.78, 5) is 8.74. The van der Waals surface area contributed by atoms with E-state index in [2.05, 4.69) is 37.1 Å². The second-order valence-electron chi connectivity index (χ2n) is 6.44. The topological polar surface area (TPSA) is 105 Å². The molecule has 2 aromatic heterocycles. The third-order valence-corrected chi connectivity index (χ3v) is 4.77. The van der Waals surface area contributed by atoms with Crippen LogP contribution >= 0.6 is 0 Å². The van der Waals surface area contributed by atoms with Crippen molar-refractivity contribution < 1.29 is 14.0 Å². The van der Waals surface area contributed by atoms with Crippen molar-refractivity contribution >= 4 is 0 Å². The van der Waals surface area contributed by atoms with Crippen molar-refractivity contribution in [1.29, 1.82) is 0 Å². The quantitative estimate of drug-likeness (QED) is 0.781. The molecule has 0 bridgehead atoms. The zero-order chi connectivity index (χ0) is 18.0. The van der Waals surface area contributed by atoms with E-state index in [1.54, 1.807) is 6.92 Å². The summed E-state index contributed by atoms with van der Waals surface area (Å²) in [6.07, 6.45) is 0.286. The van der Waals surface area contributed by atoms with Crippen LogP contribution in [0.4, 0.5) is 0 Å². The highest BCUT2D eigenvalue weighted by atomic mass is 16.5. The molecule has 0 aromatic carbocycles. The fraction of sp³-hybridized carbons (Fsp3) is 0.750. The molecular weight excluding hydrogens is 324 g/mol. The molecule has 25 heavy (non-hydrogen) atoms. The van der Waals surface area contributed by atoms with Gasteiger partial charge in [0.2, 0.25) is 17.7 Å². The first-order chi connectivity index (χ1) is 12.0. The minimum absolute atomic E-state index is 0.00627. The summed E-state index contributed by atoms with van der Waals surface area (Å²) in [6, 6.07) is -0.0370. The molecule has 1 aliphatic rings. The largest absolute Gasteiger partial charge is 0.424 e. The van der Waals surface area contributed by atoms with E-state index in [1.807, 2.05) is 13.8 Å². The van der Waals surface area contributed by atoms with Gasteiger partial charge in [-0.05, 0) is 13.5 Å². The normalized spacial score (nSPS) is 22.8. The Bertz CT molecular complexity index is 687. The van der Waals surface area contributed by atoms with Crippen LogP contribution < -0.4 is 0 Å². The number of aryl methyl sites for hydroxylation is 2. The molecule has 0 unspecified atom stereocenters. The van der Waals surface area contributed by atoms with Gasteiger partial charge in [-0.1, -0.05) is 19.0 Å². The van der Waals surface area contributed by atoms with Gasteiger partial charge in [0.25, 0.3) is 0 Å². The Balaban J connectivity index is 1.66. The smallest absolute Gasteiger partial charge is 0.243 e. The van der Waals surface area contributed by atoms with E-state index in [1.165, 1.54) is 0 Å². The molecule has 0 radical (unpaired) electrons. The summed E-state index contributed by atoms with van der Waals surface area (Å²) >= 11 is 0. The van der Waals surface area contributed by atoms with E-state index in [9.17, 15) is 5.11 Å². The lowest BCUT2D eigenvalue weighted by Gasteiger charge is -2.28. The first kappa shape index (κ1) is 18.0. The van der Waals surface area contributed by atoms with Crippen LogP contribution in [0.15, 0.2) is 8.94 Å². The minimum atomic E-state index is -0.458. The van der Waals surface area contributed by atoms with Crippen molar-refractivity contribution in [2.24, 2.45) is 0 Å². The van der Waals surface area contributed by atoms with Crippen molar-refractivity contribution in [2.45, 2.75) is 58.8 Å². The molecule has 1 N–H and O–H groups in total. The minimum Gasteiger partial charge on any atom is -0.424 e. The van der Waals surface area contributed by atoms with Gasteiger partial charge in [0.15, 0.2) is 5.82 Å². The number of β-amino-alcohol motifs (C(OH)–C–C–N with tert-alkyl or cyclic N) is 1. The van der Waals surface area contributed by atoms with E-state index in [4.69, 9.17) is 8.94 Å². The van der Waals surface area contributed by atoms with Crippen LogP contribution in [0.2, 0.25) is 0 Å². The average molecular weight is 350 g/mol. The first-order valence-corrected chi connectivity index (χ1v) is 8.79. The van der Waals surface area contributed by atoms with Crippen LogP contribution in [0, 0.1) is 6.92 Å². The highest BCUT2D eigenvalue weighted by Crippen LogP contribution is 2.27. The number of hydrogen-bond donors (Lipinski definition) is 1. The highest BCUT2D eigenvalue weighted by Gasteiger charge is 2.39. The van der Waals surface area contributed by atoms with Crippen molar-refractivity contribution in [3.63, 3.8) is 0 Å². The Labute approximate surface area is 147 Å². The van der Waals surface area contributed by atoms with Crippen molar-refractivity contribution in [3.05, 3.63) is 23.5 Å². The van der Waals surface area contributed by atoms with Crippen LogP contribution in [0.5, 0.6) is 0 Å². The Morgan fingerprint density at radius 1 is 1.32 bits per heavy atom. The summed E-state index contributed by atoms with van der Waals surface area (Å²) in [6.45, 7) is 10.5. The summed E-state index contributed by atoms with van der Waals surface area (Å²) in [5.74, 6) is 2.43. The van der Waals surface area contributed by atoms with E-state index in [0.29, 0.717) is 43.1 Å². The molecule has 3 rings (SSSR count). The number of aliphatic hydroxyl groups excluding tert-OH is 1. The molecule has 0 spiro atoms. The molecule has 1 aliphatic heterocycles. The fourth-order valence-electron chi connectivity index (χ4n) is 3.25. The number of aliphatic hydroxyl groups is 1. The van der Waals surface area contributed by atoms with Gasteiger partial charge in [0.1, 0.15) is 0 Å². The van der Waals surface area contributed by atoms with Gasteiger partial charge in [-0.3, -0.25) is 9.80 Å². The second-order valence-corrected chi connectivity index (χ2v) is 6.44. The predicted molar refractivity (Wildman–Crippen MR) is 88.6 cm³/mol. The van der Waals surface area contributed by atoms with Gasteiger partial charge in [-0.15, -0.1) is 10.2 Å². The highest BCUT2D eigenvalue weighted by molar-refractivity contribution is 4.99. The van der Waals surface area contributed by atoms with Crippen LogP contribution in [0.25, 0.3) is 0 Å². The average Bonchev–Trinajstić information content (AvgIpc) is 3.32. The molecule has 0 saturated carbocycles. The lowest BCUT2D eigenvalue weighted by Crippen LogP contribution is -2.42. The zero-order valence-corrected chi connectivity index (χ0v) is 15.2. The summed E-state index contributed by atoms with van der Waals surface area (Å²) in [7, 11) is 0. The number of likely N-dealkylation sites (tertiary alicyclic amines) is 1. The number of hydrogen-bond acceptors (Lipinski definition) is 9.